The van der Waals surface area contributed by atoms with Crippen LogP contribution < -0.4 is 10.5 Å². The van der Waals surface area contributed by atoms with Crippen LogP contribution >= 0.6 is 0 Å². The third-order valence-electron chi connectivity index (χ3n) is 1.56. The molecule has 0 aliphatic carbocycles. The molecule has 0 aliphatic heterocycles. The van der Waals surface area contributed by atoms with Crippen molar-refractivity contribution in [3.63, 3.8) is 0 Å². The zero-order valence-electron chi connectivity index (χ0n) is 8.45. The van der Waals surface area contributed by atoms with Gasteiger partial charge in [-0.1, -0.05) is 6.92 Å². The van der Waals surface area contributed by atoms with Gasteiger partial charge in [0.25, 0.3) is 10.2 Å². The van der Waals surface area contributed by atoms with Crippen LogP contribution in [0.5, 0.6) is 0 Å². The summed E-state index contributed by atoms with van der Waals surface area (Å²) in [5.41, 5.74) is 5.33. The Bertz CT molecular complexity index is 226. The number of hydrogen-bond acceptors (Lipinski definition) is 3. The maximum Gasteiger partial charge on any atom is 0.279 e. The van der Waals surface area contributed by atoms with E-state index in [4.69, 9.17) is 5.73 Å². The van der Waals surface area contributed by atoms with Crippen LogP contribution in [0.3, 0.4) is 0 Å². The average molecular weight is 209 g/mol. The van der Waals surface area contributed by atoms with Crippen molar-refractivity contribution in [1.29, 1.82) is 0 Å². The molecule has 0 saturated carbocycles. The minimum absolute atomic E-state index is 0.0624. The fourth-order valence-corrected chi connectivity index (χ4v) is 2.48. The Balaban J connectivity index is 4.53. The van der Waals surface area contributed by atoms with Crippen LogP contribution in [0.25, 0.3) is 0 Å². The summed E-state index contributed by atoms with van der Waals surface area (Å²) in [7, 11) is -3.33. The lowest BCUT2D eigenvalue weighted by Gasteiger charge is -2.24. The third-order valence-corrected chi connectivity index (χ3v) is 3.44. The van der Waals surface area contributed by atoms with Crippen molar-refractivity contribution < 1.29 is 8.42 Å². The van der Waals surface area contributed by atoms with E-state index in [2.05, 4.69) is 4.72 Å². The summed E-state index contributed by atoms with van der Waals surface area (Å²) < 4.78 is 26.8. The van der Waals surface area contributed by atoms with Crippen LogP contribution in [-0.4, -0.2) is 38.4 Å². The van der Waals surface area contributed by atoms with E-state index in [1.54, 1.807) is 6.92 Å². The predicted molar refractivity (Wildman–Crippen MR) is 53.5 cm³/mol. The van der Waals surface area contributed by atoms with E-state index in [1.807, 2.05) is 13.8 Å². The van der Waals surface area contributed by atoms with Crippen molar-refractivity contribution in [2.24, 2.45) is 5.73 Å². The summed E-state index contributed by atoms with van der Waals surface area (Å²) in [6.45, 7) is 6.49. The number of nitrogens with one attached hydrogen (secondary N) is 1. The summed E-state index contributed by atoms with van der Waals surface area (Å²) in [5.74, 6) is 0. The first-order valence-corrected chi connectivity index (χ1v) is 5.86. The van der Waals surface area contributed by atoms with Gasteiger partial charge in [0.1, 0.15) is 0 Å². The van der Waals surface area contributed by atoms with Gasteiger partial charge >= 0.3 is 0 Å². The van der Waals surface area contributed by atoms with Gasteiger partial charge in [0, 0.05) is 25.7 Å². The highest BCUT2D eigenvalue weighted by Crippen LogP contribution is 2.03. The Morgan fingerprint density at radius 2 is 2.00 bits per heavy atom. The molecule has 0 amide bonds. The maximum absolute atomic E-state index is 11.5. The van der Waals surface area contributed by atoms with Gasteiger partial charge in [0.15, 0.2) is 0 Å². The Hall–Kier alpha value is -0.170. The lowest BCUT2D eigenvalue weighted by atomic mass is 10.4. The second-order valence-electron chi connectivity index (χ2n) is 3.00. The van der Waals surface area contributed by atoms with Crippen LogP contribution in [0, 0.1) is 0 Å². The Kier molecular flexibility index (Phi) is 5.46. The first-order chi connectivity index (χ1) is 5.95. The zero-order chi connectivity index (χ0) is 10.5. The third kappa shape index (κ3) is 4.04. The molecular weight excluding hydrogens is 190 g/mol. The monoisotopic (exact) mass is 209 g/mol. The molecule has 5 nitrogen and oxygen atoms in total. The summed E-state index contributed by atoms with van der Waals surface area (Å²) >= 11 is 0. The van der Waals surface area contributed by atoms with Gasteiger partial charge in [-0.2, -0.15) is 12.7 Å². The van der Waals surface area contributed by atoms with Gasteiger partial charge in [-0.05, 0) is 13.8 Å². The standard InChI is InChI=1S/C7H19N3O2S/c1-4-9-13(11,12)10(6-5-8)7(2)3/h7,9H,4-6,8H2,1-3H3. The predicted octanol–water partition coefficient (Wildman–Crippen LogP) is -0.490. The summed E-state index contributed by atoms with van der Waals surface area (Å²) in [4.78, 5) is 0. The van der Waals surface area contributed by atoms with Gasteiger partial charge in [0.05, 0.1) is 0 Å². The van der Waals surface area contributed by atoms with Gasteiger partial charge < -0.3 is 5.73 Å². The topological polar surface area (TPSA) is 75.4 Å². The second kappa shape index (κ2) is 5.54. The lowest BCUT2D eigenvalue weighted by Crippen LogP contribution is -2.46. The number of hydrogen-bond donors (Lipinski definition) is 2. The highest BCUT2D eigenvalue weighted by molar-refractivity contribution is 7.87. The molecule has 0 unspecified atom stereocenters. The van der Waals surface area contributed by atoms with E-state index in [0.29, 0.717) is 19.6 Å². The molecule has 6 heteroatoms. The summed E-state index contributed by atoms with van der Waals surface area (Å²) in [6, 6.07) is -0.0624. The van der Waals surface area contributed by atoms with E-state index in [-0.39, 0.29) is 6.04 Å². The Morgan fingerprint density at radius 1 is 1.46 bits per heavy atom. The molecule has 3 N–H and O–H groups in total. The normalized spacial score (nSPS) is 12.8. The van der Waals surface area contributed by atoms with E-state index in [0.717, 1.165) is 0 Å². The fourth-order valence-electron chi connectivity index (χ4n) is 1.05. The van der Waals surface area contributed by atoms with Crippen molar-refractivity contribution >= 4 is 10.2 Å². The minimum atomic E-state index is -3.33. The van der Waals surface area contributed by atoms with E-state index >= 15 is 0 Å². The van der Waals surface area contributed by atoms with E-state index < -0.39 is 10.2 Å². The lowest BCUT2D eigenvalue weighted by molar-refractivity contribution is 0.356. The van der Waals surface area contributed by atoms with Gasteiger partial charge in [-0.15, -0.1) is 0 Å². The van der Waals surface area contributed by atoms with Gasteiger partial charge in [-0.25, -0.2) is 4.72 Å². The number of rotatable bonds is 6. The van der Waals surface area contributed by atoms with Crippen LogP contribution in [0.4, 0.5) is 0 Å². The first-order valence-electron chi connectivity index (χ1n) is 4.42. The second-order valence-corrected chi connectivity index (χ2v) is 4.70. The Morgan fingerprint density at radius 3 is 2.31 bits per heavy atom. The summed E-state index contributed by atoms with van der Waals surface area (Å²) in [5, 5.41) is 0. The van der Waals surface area contributed by atoms with Crippen LogP contribution in [-0.2, 0) is 10.2 Å². The van der Waals surface area contributed by atoms with Crippen molar-refractivity contribution in [2.45, 2.75) is 26.8 Å². The molecule has 0 bridgehead atoms. The molecular formula is C7H19N3O2S. The molecule has 80 valence electrons. The molecule has 0 rings (SSSR count). The molecule has 0 aromatic carbocycles. The molecule has 0 aliphatic rings. The molecule has 0 aromatic rings. The van der Waals surface area contributed by atoms with Crippen molar-refractivity contribution in [2.75, 3.05) is 19.6 Å². The molecule has 0 saturated heterocycles. The number of nitrogens with zero attached hydrogens (tertiary/aromatic N) is 1. The van der Waals surface area contributed by atoms with Crippen molar-refractivity contribution in [3.05, 3.63) is 0 Å². The Labute approximate surface area is 80.5 Å². The van der Waals surface area contributed by atoms with E-state index in [1.165, 1.54) is 4.31 Å². The van der Waals surface area contributed by atoms with Gasteiger partial charge in [-0.3, -0.25) is 0 Å². The van der Waals surface area contributed by atoms with E-state index in [9.17, 15) is 8.42 Å². The molecule has 0 aromatic heterocycles. The van der Waals surface area contributed by atoms with Crippen LogP contribution in [0.2, 0.25) is 0 Å². The smallest absolute Gasteiger partial charge is 0.279 e. The minimum Gasteiger partial charge on any atom is -0.329 e. The molecule has 0 spiro atoms. The SMILES string of the molecule is CCNS(=O)(=O)N(CCN)C(C)C. The van der Waals surface area contributed by atoms with Crippen LogP contribution in [0.15, 0.2) is 0 Å². The number of nitrogens with two attached hydrogens (primary N) is 1. The van der Waals surface area contributed by atoms with Crippen molar-refractivity contribution in [3.8, 4) is 0 Å². The molecule has 0 radical (unpaired) electrons. The average Bonchev–Trinajstić information content (AvgIpc) is 1.99. The van der Waals surface area contributed by atoms with Gasteiger partial charge in [0.2, 0.25) is 0 Å². The first kappa shape index (κ1) is 12.8. The molecule has 0 atom stereocenters. The zero-order valence-corrected chi connectivity index (χ0v) is 9.26. The maximum atomic E-state index is 11.5. The largest absolute Gasteiger partial charge is 0.329 e. The fraction of sp³-hybridized carbons (Fsp3) is 1.00. The van der Waals surface area contributed by atoms with Crippen molar-refractivity contribution in [1.82, 2.24) is 9.03 Å². The highest BCUT2D eigenvalue weighted by atomic mass is 32.2. The molecule has 0 fully saturated rings. The molecule has 0 heterocycles. The molecule has 13 heavy (non-hydrogen) atoms. The van der Waals surface area contributed by atoms with Crippen LogP contribution in [0.1, 0.15) is 20.8 Å². The summed E-state index contributed by atoms with van der Waals surface area (Å²) in [6.07, 6.45) is 0. The quantitative estimate of drug-likeness (QED) is 0.620. The highest BCUT2D eigenvalue weighted by Gasteiger charge is 2.22.